The third-order valence-electron chi connectivity index (χ3n) is 1.18. The fourth-order valence-electron chi connectivity index (χ4n) is 0.482. The van der Waals surface area contributed by atoms with Gasteiger partial charge in [0, 0.05) is 6.42 Å². The minimum absolute atomic E-state index is 0.0104. The second kappa shape index (κ2) is 5.50. The van der Waals surface area contributed by atoms with Crippen LogP contribution < -0.4 is 11.5 Å². The van der Waals surface area contributed by atoms with Crippen molar-refractivity contribution in [2.24, 2.45) is 11.5 Å². The molecular weight excluding hydrogens is 164 g/mol. The molecule has 0 aromatic rings. The highest BCUT2D eigenvalue weighted by Crippen LogP contribution is 1.89. The average molecular weight is 176 g/mol. The Hall–Kier alpha value is -1.14. The lowest BCUT2D eigenvalue weighted by atomic mass is 10.2. The Morgan fingerprint density at radius 3 is 2.50 bits per heavy atom. The van der Waals surface area contributed by atoms with Crippen LogP contribution in [0.4, 0.5) is 0 Å². The molecule has 0 heterocycles. The third-order valence-corrected chi connectivity index (χ3v) is 1.18. The zero-order valence-corrected chi connectivity index (χ0v) is 6.53. The fraction of sp³-hybridized carbons (Fsp3) is 0.667. The number of carboxylic acid groups (broad SMARTS) is 1. The van der Waals surface area contributed by atoms with Gasteiger partial charge < -0.3 is 21.3 Å². The summed E-state index contributed by atoms with van der Waals surface area (Å²) in [4.78, 5) is 20.6. The normalized spacial score (nSPS) is 12.2. The van der Waals surface area contributed by atoms with Crippen LogP contribution in [-0.4, -0.2) is 36.2 Å². The van der Waals surface area contributed by atoms with Crippen molar-refractivity contribution in [3.63, 3.8) is 0 Å². The van der Waals surface area contributed by atoms with Crippen molar-refractivity contribution >= 4 is 11.9 Å². The average Bonchev–Trinajstić information content (AvgIpc) is 2.03. The maximum absolute atomic E-state index is 10.4. The Kier molecular flexibility index (Phi) is 4.98. The van der Waals surface area contributed by atoms with Crippen molar-refractivity contribution in [3.8, 4) is 0 Å². The maximum atomic E-state index is 10.4. The SMILES string of the molecule is NCC(=O)OCC[C@@H](N)C(=O)O. The lowest BCUT2D eigenvalue weighted by Gasteiger charge is -2.05. The summed E-state index contributed by atoms with van der Waals surface area (Å²) in [7, 11) is 0. The third kappa shape index (κ3) is 4.64. The lowest BCUT2D eigenvalue weighted by molar-refractivity contribution is -0.144. The van der Waals surface area contributed by atoms with Crippen LogP contribution >= 0.6 is 0 Å². The van der Waals surface area contributed by atoms with Crippen LogP contribution in [0.2, 0.25) is 0 Å². The van der Waals surface area contributed by atoms with Crippen LogP contribution in [0.5, 0.6) is 0 Å². The van der Waals surface area contributed by atoms with Crippen LogP contribution in [0.3, 0.4) is 0 Å². The molecule has 0 amide bonds. The van der Waals surface area contributed by atoms with E-state index < -0.39 is 18.0 Å². The summed E-state index contributed by atoms with van der Waals surface area (Å²) in [5.41, 5.74) is 10.0. The molecule has 0 aliphatic rings. The number of esters is 1. The molecule has 0 aliphatic carbocycles. The number of rotatable bonds is 5. The largest absolute Gasteiger partial charge is 0.480 e. The number of carbonyl (C=O) groups is 2. The number of nitrogens with two attached hydrogens (primary N) is 2. The van der Waals surface area contributed by atoms with Crippen molar-refractivity contribution in [3.05, 3.63) is 0 Å². The molecule has 0 radical (unpaired) electrons. The van der Waals surface area contributed by atoms with E-state index in [1.165, 1.54) is 0 Å². The van der Waals surface area contributed by atoms with E-state index in [9.17, 15) is 9.59 Å². The van der Waals surface area contributed by atoms with Gasteiger partial charge in [0.15, 0.2) is 0 Å². The van der Waals surface area contributed by atoms with Crippen LogP contribution in [0.15, 0.2) is 0 Å². The Morgan fingerprint density at radius 2 is 2.08 bits per heavy atom. The first-order valence-electron chi connectivity index (χ1n) is 3.42. The van der Waals surface area contributed by atoms with Gasteiger partial charge in [-0.15, -0.1) is 0 Å². The van der Waals surface area contributed by atoms with Gasteiger partial charge in [-0.1, -0.05) is 0 Å². The van der Waals surface area contributed by atoms with Gasteiger partial charge in [0.2, 0.25) is 0 Å². The Morgan fingerprint density at radius 1 is 1.50 bits per heavy atom. The molecule has 0 spiro atoms. The highest BCUT2D eigenvalue weighted by atomic mass is 16.5. The van der Waals surface area contributed by atoms with Crippen molar-refractivity contribution in [2.75, 3.05) is 13.2 Å². The molecule has 5 N–H and O–H groups in total. The van der Waals surface area contributed by atoms with E-state index in [4.69, 9.17) is 16.6 Å². The predicted octanol–water partition coefficient (Wildman–Crippen LogP) is -1.71. The standard InChI is InChI=1S/C6H12N2O4/c7-3-5(9)12-2-1-4(8)6(10)11/h4H,1-3,7-8H2,(H,10,11)/t4-/m1/s1. The first-order valence-corrected chi connectivity index (χ1v) is 3.42. The molecule has 0 unspecified atom stereocenters. The van der Waals surface area contributed by atoms with Crippen LogP contribution in [0, 0.1) is 0 Å². The Balaban J connectivity index is 3.43. The van der Waals surface area contributed by atoms with Gasteiger partial charge in [0.05, 0.1) is 13.2 Å². The summed E-state index contributed by atoms with van der Waals surface area (Å²) >= 11 is 0. The van der Waals surface area contributed by atoms with Gasteiger partial charge in [-0.3, -0.25) is 9.59 Å². The van der Waals surface area contributed by atoms with Gasteiger partial charge in [-0.2, -0.15) is 0 Å². The highest BCUT2D eigenvalue weighted by molar-refractivity contribution is 5.73. The van der Waals surface area contributed by atoms with Crippen molar-refractivity contribution in [2.45, 2.75) is 12.5 Å². The summed E-state index contributed by atoms with van der Waals surface area (Å²) < 4.78 is 4.50. The molecule has 0 aromatic heterocycles. The first kappa shape index (κ1) is 10.9. The molecule has 0 saturated heterocycles. The molecule has 0 fully saturated rings. The molecular formula is C6H12N2O4. The summed E-state index contributed by atoms with van der Waals surface area (Å²) in [6.07, 6.45) is 0.0983. The topological polar surface area (TPSA) is 116 Å². The van der Waals surface area contributed by atoms with E-state index >= 15 is 0 Å². The number of carboxylic acids is 1. The van der Waals surface area contributed by atoms with Crippen molar-refractivity contribution < 1.29 is 19.4 Å². The van der Waals surface area contributed by atoms with Crippen molar-refractivity contribution in [1.29, 1.82) is 0 Å². The molecule has 0 bridgehead atoms. The smallest absolute Gasteiger partial charge is 0.320 e. The van der Waals surface area contributed by atoms with Gasteiger partial charge in [-0.25, -0.2) is 0 Å². The molecule has 0 aliphatic heterocycles. The summed E-state index contributed by atoms with van der Waals surface area (Å²) in [6.45, 7) is -0.216. The van der Waals surface area contributed by atoms with Gasteiger partial charge >= 0.3 is 11.9 Å². The van der Waals surface area contributed by atoms with E-state index in [0.717, 1.165) is 0 Å². The highest BCUT2D eigenvalue weighted by Gasteiger charge is 2.11. The zero-order valence-electron chi connectivity index (χ0n) is 6.53. The summed E-state index contributed by atoms with van der Waals surface area (Å²) in [5.74, 6) is -1.67. The number of hydrogen-bond acceptors (Lipinski definition) is 5. The number of hydrogen-bond donors (Lipinski definition) is 3. The van der Waals surface area contributed by atoms with E-state index in [1.807, 2.05) is 0 Å². The number of carbonyl (C=O) groups excluding carboxylic acids is 1. The summed E-state index contributed by atoms with van der Waals surface area (Å²) in [6, 6.07) is -0.990. The Bertz CT molecular complexity index is 171. The van der Waals surface area contributed by atoms with Gasteiger partial charge in [0.1, 0.15) is 6.04 Å². The van der Waals surface area contributed by atoms with Crippen LogP contribution in [0.25, 0.3) is 0 Å². The Labute approximate surface area is 69.5 Å². The van der Waals surface area contributed by atoms with E-state index in [1.54, 1.807) is 0 Å². The van der Waals surface area contributed by atoms with E-state index in [0.29, 0.717) is 0 Å². The van der Waals surface area contributed by atoms with Crippen molar-refractivity contribution in [1.82, 2.24) is 0 Å². The quantitative estimate of drug-likeness (QED) is 0.429. The van der Waals surface area contributed by atoms with Crippen LogP contribution in [-0.2, 0) is 14.3 Å². The first-order chi connectivity index (χ1) is 5.57. The number of aliphatic carboxylic acids is 1. The fourth-order valence-corrected chi connectivity index (χ4v) is 0.482. The molecule has 12 heavy (non-hydrogen) atoms. The van der Waals surface area contributed by atoms with Crippen LogP contribution in [0.1, 0.15) is 6.42 Å². The molecule has 70 valence electrons. The van der Waals surface area contributed by atoms with Gasteiger partial charge in [0.25, 0.3) is 0 Å². The second-order valence-corrected chi connectivity index (χ2v) is 2.16. The van der Waals surface area contributed by atoms with E-state index in [2.05, 4.69) is 4.74 Å². The minimum atomic E-state index is -1.11. The molecule has 0 saturated carbocycles. The molecule has 6 heteroatoms. The molecule has 0 aromatic carbocycles. The maximum Gasteiger partial charge on any atom is 0.320 e. The second-order valence-electron chi connectivity index (χ2n) is 2.16. The molecule has 6 nitrogen and oxygen atoms in total. The van der Waals surface area contributed by atoms with Gasteiger partial charge in [-0.05, 0) is 0 Å². The monoisotopic (exact) mass is 176 g/mol. The predicted molar refractivity (Wildman–Crippen MR) is 40.2 cm³/mol. The molecule has 0 rings (SSSR count). The zero-order chi connectivity index (χ0) is 9.56. The lowest BCUT2D eigenvalue weighted by Crippen LogP contribution is -2.32. The minimum Gasteiger partial charge on any atom is -0.480 e. The molecule has 1 atom stereocenters. The summed E-state index contributed by atoms with van der Waals surface area (Å²) in [5, 5.41) is 8.31. The number of ether oxygens (including phenoxy) is 1. The van der Waals surface area contributed by atoms with E-state index in [-0.39, 0.29) is 19.6 Å².